The van der Waals surface area contributed by atoms with Crippen LogP contribution in [0.4, 0.5) is 13.2 Å². The highest BCUT2D eigenvalue weighted by Gasteiger charge is 2.37. The molecule has 29 heavy (non-hydrogen) atoms. The van der Waals surface area contributed by atoms with E-state index in [1.807, 2.05) is 0 Å². The van der Waals surface area contributed by atoms with Gasteiger partial charge in [-0.3, -0.25) is 14.3 Å². The van der Waals surface area contributed by atoms with Gasteiger partial charge in [-0.2, -0.15) is 18.3 Å². The molecule has 3 aromatic rings. The second-order valence-corrected chi connectivity index (χ2v) is 8.23. The van der Waals surface area contributed by atoms with Gasteiger partial charge in [0.2, 0.25) is 0 Å². The Kier molecular flexibility index (Phi) is 4.82. The monoisotopic (exact) mass is 425 g/mol. The van der Waals surface area contributed by atoms with Crippen molar-refractivity contribution in [3.63, 3.8) is 0 Å². The van der Waals surface area contributed by atoms with Crippen LogP contribution < -0.4 is 10.9 Å². The highest BCUT2D eigenvalue weighted by atomic mass is 32.1. The number of rotatable bonds is 6. The lowest BCUT2D eigenvalue weighted by Gasteiger charge is -2.07. The normalized spacial score (nSPS) is 14.7. The van der Waals surface area contributed by atoms with Gasteiger partial charge in [0.25, 0.3) is 5.56 Å². The number of carbonyl (C=O) groups excluding carboxylic acids is 1. The van der Waals surface area contributed by atoms with Crippen molar-refractivity contribution in [2.75, 3.05) is 13.6 Å². The van der Waals surface area contributed by atoms with Crippen molar-refractivity contribution in [1.29, 1.82) is 0 Å². The molecule has 4 rings (SSSR count). The quantitative estimate of drug-likeness (QED) is 0.614. The molecule has 3 aromatic heterocycles. The van der Waals surface area contributed by atoms with E-state index in [-0.39, 0.29) is 30.5 Å². The predicted molar refractivity (Wildman–Crippen MR) is 101 cm³/mol. The van der Waals surface area contributed by atoms with E-state index in [1.54, 1.807) is 14.0 Å². The van der Waals surface area contributed by atoms with Gasteiger partial charge in [0, 0.05) is 22.6 Å². The Balaban J connectivity index is 1.74. The summed E-state index contributed by atoms with van der Waals surface area (Å²) < 4.78 is 41.8. The summed E-state index contributed by atoms with van der Waals surface area (Å²) in [7, 11) is 1.64. The lowest BCUT2D eigenvalue weighted by Crippen LogP contribution is -2.25. The second kappa shape index (κ2) is 7.06. The number of thiazole rings is 1. The molecule has 3 heterocycles. The summed E-state index contributed by atoms with van der Waals surface area (Å²) >= 11 is 1.20. The third kappa shape index (κ3) is 3.71. The lowest BCUT2D eigenvalue weighted by atomic mass is 10.2. The van der Waals surface area contributed by atoms with E-state index < -0.39 is 17.4 Å². The number of likely N-dealkylation sites (N-methyl/N-ethyl adjacent to an activating group) is 1. The Labute approximate surface area is 167 Å². The molecular weight excluding hydrogens is 407 g/mol. The largest absolute Gasteiger partial charge is 0.435 e. The summed E-state index contributed by atoms with van der Waals surface area (Å²) in [6.45, 7) is 1.78. The van der Waals surface area contributed by atoms with Crippen LogP contribution in [0.5, 0.6) is 0 Å². The van der Waals surface area contributed by atoms with E-state index in [0.29, 0.717) is 21.2 Å². The summed E-state index contributed by atoms with van der Waals surface area (Å²) in [5.74, 6) is -0.177. The maximum Gasteiger partial charge on any atom is 0.435 e. The Bertz CT molecular complexity index is 1160. The van der Waals surface area contributed by atoms with E-state index in [0.717, 1.165) is 18.9 Å². The molecule has 0 aromatic carbocycles. The molecule has 154 valence electrons. The van der Waals surface area contributed by atoms with Gasteiger partial charge in [0.15, 0.2) is 16.4 Å². The summed E-state index contributed by atoms with van der Waals surface area (Å²) in [6, 6.07) is 2.33. The zero-order valence-electron chi connectivity index (χ0n) is 15.7. The van der Waals surface area contributed by atoms with Gasteiger partial charge >= 0.3 is 6.18 Å². The maximum atomic E-state index is 13.1. The molecule has 0 unspecified atom stereocenters. The highest BCUT2D eigenvalue weighted by molar-refractivity contribution is 7.17. The van der Waals surface area contributed by atoms with Crippen molar-refractivity contribution in [3.8, 4) is 0 Å². The van der Waals surface area contributed by atoms with E-state index in [1.165, 1.54) is 26.5 Å². The fourth-order valence-electron chi connectivity index (χ4n) is 3.33. The standard InChI is InChI=1S/C18H18F3N5O2S/c1-9-16(13(27)7-22-2)26-15(28)5-11(23-17(26)29-9)8-25-12(10-3-4-10)6-14(24-25)18(19,20)21/h5-6,10,22H,3-4,7-8H2,1-2H3. The van der Waals surface area contributed by atoms with Crippen molar-refractivity contribution >= 4 is 22.1 Å². The van der Waals surface area contributed by atoms with Gasteiger partial charge in [-0.1, -0.05) is 0 Å². The van der Waals surface area contributed by atoms with Crippen LogP contribution in [-0.2, 0) is 12.7 Å². The third-order valence-corrected chi connectivity index (χ3v) is 5.71. The highest BCUT2D eigenvalue weighted by Crippen LogP contribution is 2.42. The molecule has 0 radical (unpaired) electrons. The number of hydrogen-bond donors (Lipinski definition) is 1. The van der Waals surface area contributed by atoms with Crippen molar-refractivity contribution in [2.24, 2.45) is 0 Å². The van der Waals surface area contributed by atoms with E-state index in [4.69, 9.17) is 0 Å². The van der Waals surface area contributed by atoms with Crippen molar-refractivity contribution < 1.29 is 18.0 Å². The SMILES string of the molecule is CNCC(=O)c1c(C)sc2nc(Cn3nc(C(F)(F)F)cc3C3CC3)cc(=O)n12. The van der Waals surface area contributed by atoms with E-state index >= 15 is 0 Å². The minimum Gasteiger partial charge on any atom is -0.313 e. The Morgan fingerprint density at radius 3 is 2.69 bits per heavy atom. The molecule has 0 spiro atoms. The molecule has 7 nitrogen and oxygen atoms in total. The number of nitrogens with one attached hydrogen (secondary N) is 1. The molecule has 0 saturated heterocycles. The molecule has 1 aliphatic rings. The molecule has 1 aliphatic carbocycles. The minimum absolute atomic E-state index is 0.0373. The summed E-state index contributed by atoms with van der Waals surface area (Å²) in [6.07, 6.45) is -2.89. The Morgan fingerprint density at radius 2 is 2.07 bits per heavy atom. The number of carbonyl (C=O) groups is 1. The number of fused-ring (bicyclic) bond motifs is 1. The van der Waals surface area contributed by atoms with Crippen LogP contribution in [0.15, 0.2) is 16.9 Å². The number of hydrogen-bond acceptors (Lipinski definition) is 6. The molecule has 0 bridgehead atoms. The van der Waals surface area contributed by atoms with E-state index in [9.17, 15) is 22.8 Å². The summed E-state index contributed by atoms with van der Waals surface area (Å²) in [5.41, 5.74) is -0.288. The van der Waals surface area contributed by atoms with Crippen LogP contribution in [-0.4, -0.2) is 38.5 Å². The molecule has 11 heteroatoms. The first-order chi connectivity index (χ1) is 13.7. The van der Waals surface area contributed by atoms with Crippen molar-refractivity contribution in [1.82, 2.24) is 24.5 Å². The van der Waals surface area contributed by atoms with Crippen LogP contribution in [0, 0.1) is 6.92 Å². The topological polar surface area (TPSA) is 81.3 Å². The van der Waals surface area contributed by atoms with Gasteiger partial charge in [-0.05, 0) is 32.9 Å². The molecule has 1 N–H and O–H groups in total. The van der Waals surface area contributed by atoms with Gasteiger partial charge in [0.1, 0.15) is 5.69 Å². The third-order valence-electron chi connectivity index (χ3n) is 4.75. The average Bonchev–Trinajstić information content (AvgIpc) is 3.27. The first-order valence-corrected chi connectivity index (χ1v) is 9.85. The predicted octanol–water partition coefficient (Wildman–Crippen LogP) is 2.61. The van der Waals surface area contributed by atoms with Crippen LogP contribution in [0.3, 0.4) is 0 Å². The van der Waals surface area contributed by atoms with Gasteiger partial charge in [0.05, 0.1) is 18.8 Å². The van der Waals surface area contributed by atoms with Crippen LogP contribution in [0.1, 0.15) is 51.2 Å². The molecule has 0 aliphatic heterocycles. The minimum atomic E-state index is -4.53. The van der Waals surface area contributed by atoms with Gasteiger partial charge < -0.3 is 5.32 Å². The molecular formula is C18H18F3N5O2S. The number of nitrogens with zero attached hydrogens (tertiary/aromatic N) is 4. The number of halogens is 3. The first kappa shape index (κ1) is 19.8. The van der Waals surface area contributed by atoms with E-state index in [2.05, 4.69) is 15.4 Å². The smallest absolute Gasteiger partial charge is 0.313 e. The second-order valence-electron chi connectivity index (χ2n) is 7.05. The fraction of sp³-hybridized carbons (Fsp3) is 0.444. The number of aromatic nitrogens is 4. The van der Waals surface area contributed by atoms with Gasteiger partial charge in [-0.15, -0.1) is 11.3 Å². The number of ketones is 1. The Morgan fingerprint density at radius 1 is 1.34 bits per heavy atom. The average molecular weight is 425 g/mol. The van der Waals surface area contributed by atoms with Crippen LogP contribution >= 0.6 is 11.3 Å². The lowest BCUT2D eigenvalue weighted by molar-refractivity contribution is -0.141. The number of alkyl halides is 3. The summed E-state index contributed by atoms with van der Waals surface area (Å²) in [4.78, 5) is 30.4. The van der Waals surface area contributed by atoms with Gasteiger partial charge in [-0.25, -0.2) is 9.38 Å². The van der Waals surface area contributed by atoms with Crippen LogP contribution in [0.2, 0.25) is 0 Å². The molecule has 1 saturated carbocycles. The molecule has 0 atom stereocenters. The number of aryl methyl sites for hydroxylation is 1. The fourth-order valence-corrected chi connectivity index (χ4v) is 4.34. The Hall–Kier alpha value is -2.53. The number of Topliss-reactive ketones (excluding diaryl/α,β-unsaturated/α-hetero) is 1. The van der Waals surface area contributed by atoms with Crippen molar-refractivity contribution in [3.05, 3.63) is 50.1 Å². The zero-order valence-corrected chi connectivity index (χ0v) is 16.5. The molecule has 0 amide bonds. The zero-order chi connectivity index (χ0) is 20.9. The maximum absolute atomic E-state index is 13.1. The summed E-state index contributed by atoms with van der Waals surface area (Å²) in [5, 5.41) is 6.47. The first-order valence-electron chi connectivity index (χ1n) is 9.04. The van der Waals surface area contributed by atoms with Crippen molar-refractivity contribution in [2.45, 2.75) is 38.4 Å². The molecule has 1 fully saturated rings. The van der Waals surface area contributed by atoms with Crippen LogP contribution in [0.25, 0.3) is 4.96 Å².